The summed E-state index contributed by atoms with van der Waals surface area (Å²) in [7, 11) is 0. The Morgan fingerprint density at radius 3 is 2.39 bits per heavy atom. The number of nitrogens with one attached hydrogen (secondary N) is 1. The van der Waals surface area contributed by atoms with Crippen LogP contribution >= 0.6 is 22.9 Å². The van der Waals surface area contributed by atoms with E-state index in [4.69, 9.17) is 16.6 Å². The molecule has 0 fully saturated rings. The fourth-order valence-electron chi connectivity index (χ4n) is 3.54. The van der Waals surface area contributed by atoms with Crippen LogP contribution in [0.25, 0.3) is 16.9 Å². The summed E-state index contributed by atoms with van der Waals surface area (Å²) in [6.45, 7) is 1.92. The topological polar surface area (TPSA) is 59.8 Å². The zero-order chi connectivity index (χ0) is 22.8. The summed E-state index contributed by atoms with van der Waals surface area (Å²) in [5, 5.41) is 9.19. The van der Waals surface area contributed by atoms with E-state index in [9.17, 15) is 4.79 Å². The molecule has 5 rings (SSSR count). The molecule has 5 nitrogen and oxygen atoms in total. The van der Waals surface area contributed by atoms with Gasteiger partial charge >= 0.3 is 0 Å². The predicted molar refractivity (Wildman–Crippen MR) is 134 cm³/mol. The number of ketones is 1. The van der Waals surface area contributed by atoms with Gasteiger partial charge in [-0.1, -0.05) is 89.7 Å². The highest BCUT2D eigenvalue weighted by atomic mass is 35.5. The molecule has 0 atom stereocenters. The molecule has 0 saturated heterocycles. The van der Waals surface area contributed by atoms with Crippen molar-refractivity contribution in [3.63, 3.8) is 0 Å². The number of carbonyl (C=O) groups excluding carboxylic acids is 1. The third-order valence-corrected chi connectivity index (χ3v) is 6.24. The van der Waals surface area contributed by atoms with E-state index in [1.54, 1.807) is 4.68 Å². The van der Waals surface area contributed by atoms with Crippen molar-refractivity contribution in [2.24, 2.45) is 0 Å². The molecule has 2 heterocycles. The van der Waals surface area contributed by atoms with Crippen LogP contribution in [0.3, 0.4) is 0 Å². The van der Waals surface area contributed by atoms with Gasteiger partial charge in [0.2, 0.25) is 5.78 Å². The van der Waals surface area contributed by atoms with Gasteiger partial charge in [-0.3, -0.25) is 4.79 Å². The van der Waals surface area contributed by atoms with Crippen LogP contribution in [-0.4, -0.2) is 20.5 Å². The van der Waals surface area contributed by atoms with Crippen LogP contribution in [0, 0.1) is 6.92 Å². The normalized spacial score (nSPS) is 10.8. The number of carbonyl (C=O) groups is 1. The molecule has 1 N–H and O–H groups in total. The van der Waals surface area contributed by atoms with Crippen molar-refractivity contribution in [1.29, 1.82) is 0 Å². The van der Waals surface area contributed by atoms with Crippen LogP contribution < -0.4 is 5.32 Å². The number of benzene rings is 3. The molecule has 162 valence electrons. The fourth-order valence-corrected chi connectivity index (χ4v) is 4.68. The number of halogens is 1. The molecule has 5 aromatic rings. The van der Waals surface area contributed by atoms with Gasteiger partial charge in [0.1, 0.15) is 10.7 Å². The van der Waals surface area contributed by atoms with Crippen LogP contribution in [0.2, 0.25) is 5.02 Å². The predicted octanol–water partition coefficient (Wildman–Crippen LogP) is 6.93. The summed E-state index contributed by atoms with van der Waals surface area (Å²) in [5.74, 6) is 0.682. The van der Waals surface area contributed by atoms with Gasteiger partial charge in [-0.15, -0.1) is 0 Å². The highest BCUT2D eigenvalue weighted by molar-refractivity contribution is 7.18. The van der Waals surface area contributed by atoms with E-state index in [1.165, 1.54) is 11.3 Å². The van der Waals surface area contributed by atoms with Crippen molar-refractivity contribution < 1.29 is 4.79 Å². The Bertz CT molecular complexity index is 1430. The minimum absolute atomic E-state index is 0.0560. The largest absolute Gasteiger partial charge is 0.316 e. The van der Waals surface area contributed by atoms with Crippen molar-refractivity contribution in [3.05, 3.63) is 112 Å². The van der Waals surface area contributed by atoms with Crippen LogP contribution in [0.15, 0.2) is 91.0 Å². The van der Waals surface area contributed by atoms with Crippen molar-refractivity contribution in [3.8, 4) is 16.9 Å². The lowest BCUT2D eigenvalue weighted by Crippen LogP contribution is -2.02. The summed E-state index contributed by atoms with van der Waals surface area (Å²) >= 11 is 7.52. The zero-order valence-corrected chi connectivity index (χ0v) is 19.3. The molecule has 0 radical (unpaired) electrons. The number of aryl methyl sites for hydroxylation is 1. The molecular weight excluding hydrogens is 452 g/mol. The first kappa shape index (κ1) is 21.1. The van der Waals surface area contributed by atoms with Crippen molar-refractivity contribution in [2.45, 2.75) is 6.92 Å². The van der Waals surface area contributed by atoms with Crippen LogP contribution in [-0.2, 0) is 0 Å². The summed E-state index contributed by atoms with van der Waals surface area (Å²) < 4.78 is 1.78. The molecule has 7 heteroatoms. The number of nitrogens with zero attached hydrogens (tertiary/aromatic N) is 3. The van der Waals surface area contributed by atoms with Crippen molar-refractivity contribution in [1.82, 2.24) is 14.8 Å². The maximum atomic E-state index is 13.3. The van der Waals surface area contributed by atoms with Crippen LogP contribution in [0.5, 0.6) is 0 Å². The minimum atomic E-state index is -0.0560. The summed E-state index contributed by atoms with van der Waals surface area (Å²) in [4.78, 5) is 18.7. The number of aromatic nitrogens is 3. The third kappa shape index (κ3) is 4.44. The molecule has 2 aromatic heterocycles. The summed E-state index contributed by atoms with van der Waals surface area (Å²) in [6, 6.07) is 28.4. The highest BCUT2D eigenvalue weighted by Gasteiger charge is 2.21. The first-order valence-corrected chi connectivity index (χ1v) is 11.5. The Kier molecular flexibility index (Phi) is 5.77. The van der Waals surface area contributed by atoms with Crippen LogP contribution in [0.4, 0.5) is 10.9 Å². The first-order valence-electron chi connectivity index (χ1n) is 10.3. The lowest BCUT2D eigenvalue weighted by atomic mass is 10.1. The SMILES string of the molecule is Cc1cc(Nc2nc(-c3ccccc3)c(C(=O)c3ccccc3)s2)n(-c2cccc(Cl)c2)n1. The van der Waals surface area contributed by atoms with Gasteiger partial charge in [-0.2, -0.15) is 5.10 Å². The van der Waals surface area contributed by atoms with Gasteiger partial charge in [0.05, 0.1) is 17.1 Å². The number of rotatable bonds is 6. The molecule has 0 saturated carbocycles. The maximum Gasteiger partial charge on any atom is 0.205 e. The number of anilines is 2. The van der Waals surface area contributed by atoms with E-state index in [1.807, 2.05) is 97.9 Å². The third-order valence-electron chi connectivity index (χ3n) is 5.04. The smallest absolute Gasteiger partial charge is 0.205 e. The van der Waals surface area contributed by atoms with E-state index in [2.05, 4.69) is 10.4 Å². The first-order chi connectivity index (χ1) is 16.1. The lowest BCUT2D eigenvalue weighted by Gasteiger charge is -2.08. The lowest BCUT2D eigenvalue weighted by molar-refractivity contribution is 0.104. The van der Waals surface area contributed by atoms with Gasteiger partial charge < -0.3 is 5.32 Å². The summed E-state index contributed by atoms with van der Waals surface area (Å²) in [5.41, 5.74) is 3.85. The molecule has 0 unspecified atom stereocenters. The zero-order valence-electron chi connectivity index (χ0n) is 17.7. The van der Waals surface area contributed by atoms with E-state index < -0.39 is 0 Å². The van der Waals surface area contributed by atoms with Gasteiger partial charge in [0.25, 0.3) is 0 Å². The second-order valence-corrected chi connectivity index (χ2v) is 8.88. The van der Waals surface area contributed by atoms with Gasteiger partial charge in [-0.25, -0.2) is 9.67 Å². The fraction of sp³-hybridized carbons (Fsp3) is 0.0385. The van der Waals surface area contributed by atoms with Gasteiger partial charge in [-0.05, 0) is 25.1 Å². The minimum Gasteiger partial charge on any atom is -0.316 e. The number of thiazole rings is 1. The molecule has 0 aliphatic heterocycles. The Morgan fingerprint density at radius 1 is 0.939 bits per heavy atom. The quantitative estimate of drug-likeness (QED) is 0.273. The average Bonchev–Trinajstić information content (AvgIpc) is 3.43. The number of hydrogen-bond acceptors (Lipinski definition) is 5. The molecule has 0 amide bonds. The van der Waals surface area contributed by atoms with Crippen LogP contribution in [0.1, 0.15) is 20.9 Å². The summed E-state index contributed by atoms with van der Waals surface area (Å²) in [6.07, 6.45) is 0. The van der Waals surface area contributed by atoms with E-state index >= 15 is 0 Å². The Morgan fingerprint density at radius 2 is 1.67 bits per heavy atom. The Balaban J connectivity index is 1.57. The standard InChI is InChI=1S/C26H19ClN4OS/c1-17-15-22(31(30-17)21-14-8-13-20(27)16-21)28-26-29-23(18-9-4-2-5-10-18)25(33-26)24(32)19-11-6-3-7-12-19/h2-16H,1H3,(H,28,29). The van der Waals surface area contributed by atoms with E-state index in [0.29, 0.717) is 26.3 Å². The van der Waals surface area contributed by atoms with Crippen molar-refractivity contribution in [2.75, 3.05) is 5.32 Å². The molecule has 33 heavy (non-hydrogen) atoms. The average molecular weight is 471 g/mol. The monoisotopic (exact) mass is 470 g/mol. The Hall–Kier alpha value is -3.74. The molecular formula is C26H19ClN4OS. The molecule has 0 aliphatic rings. The molecule has 0 bridgehead atoms. The molecule has 3 aromatic carbocycles. The molecule has 0 aliphatic carbocycles. The van der Waals surface area contributed by atoms with Gasteiger partial charge in [0, 0.05) is 22.2 Å². The second-order valence-electron chi connectivity index (χ2n) is 7.45. The van der Waals surface area contributed by atoms with Crippen molar-refractivity contribution >= 4 is 39.7 Å². The van der Waals surface area contributed by atoms with Gasteiger partial charge in [0.15, 0.2) is 5.13 Å². The maximum absolute atomic E-state index is 13.3. The van der Waals surface area contributed by atoms with E-state index in [0.717, 1.165) is 22.8 Å². The second kappa shape index (κ2) is 9.02. The highest BCUT2D eigenvalue weighted by Crippen LogP contribution is 2.35. The number of hydrogen-bond donors (Lipinski definition) is 1. The Labute approximate surface area is 200 Å². The molecule has 0 spiro atoms. The van der Waals surface area contributed by atoms with E-state index in [-0.39, 0.29) is 5.78 Å².